The maximum atomic E-state index is 5.96. The first-order valence-corrected chi connectivity index (χ1v) is 7.54. The van der Waals surface area contributed by atoms with Crippen molar-refractivity contribution in [2.24, 2.45) is 0 Å². The van der Waals surface area contributed by atoms with Gasteiger partial charge in [0.2, 0.25) is 0 Å². The maximum absolute atomic E-state index is 5.96. The van der Waals surface area contributed by atoms with Crippen LogP contribution in [0.4, 0.5) is 5.82 Å². The zero-order valence-corrected chi connectivity index (χ0v) is 12.8. The van der Waals surface area contributed by atoms with Crippen LogP contribution in [0.2, 0.25) is 5.02 Å². The number of pyridine rings is 1. The fraction of sp³-hybridized carbons (Fsp3) is 0.267. The molecule has 0 saturated heterocycles. The standard InChI is InChI=1S/C15H14BrClN2/c16-14-8-13(17)9-18-15(14)19-7-3-6-11-4-1-2-5-12(11)10-19/h1-2,4-5,8-9H,3,6-7,10H2. The summed E-state index contributed by atoms with van der Waals surface area (Å²) in [5.41, 5.74) is 2.85. The summed E-state index contributed by atoms with van der Waals surface area (Å²) in [6.07, 6.45) is 3.99. The Labute approximate surface area is 126 Å². The molecule has 19 heavy (non-hydrogen) atoms. The first kappa shape index (κ1) is 12.9. The third kappa shape index (κ3) is 2.77. The number of anilines is 1. The molecular weight excluding hydrogens is 324 g/mol. The van der Waals surface area contributed by atoms with Gasteiger partial charge in [0.05, 0.1) is 9.50 Å². The van der Waals surface area contributed by atoms with Crippen LogP contribution in [0.5, 0.6) is 0 Å². The highest BCUT2D eigenvalue weighted by molar-refractivity contribution is 9.10. The minimum atomic E-state index is 0.658. The molecule has 0 fully saturated rings. The van der Waals surface area contributed by atoms with Crippen LogP contribution in [0.1, 0.15) is 17.5 Å². The third-order valence-electron chi connectivity index (χ3n) is 3.44. The summed E-state index contributed by atoms with van der Waals surface area (Å²) in [6.45, 7) is 1.92. The van der Waals surface area contributed by atoms with Gasteiger partial charge in [-0.1, -0.05) is 35.9 Å². The summed E-state index contributed by atoms with van der Waals surface area (Å²) in [6, 6.07) is 10.6. The third-order valence-corrected chi connectivity index (χ3v) is 4.23. The topological polar surface area (TPSA) is 16.1 Å². The number of hydrogen-bond acceptors (Lipinski definition) is 2. The van der Waals surface area contributed by atoms with Crippen LogP contribution in [0.25, 0.3) is 0 Å². The van der Waals surface area contributed by atoms with Crippen molar-refractivity contribution in [1.82, 2.24) is 4.98 Å². The van der Waals surface area contributed by atoms with Crippen molar-refractivity contribution in [3.05, 3.63) is 57.2 Å². The molecule has 0 bridgehead atoms. The monoisotopic (exact) mass is 336 g/mol. The number of fused-ring (bicyclic) bond motifs is 1. The average Bonchev–Trinajstić information content (AvgIpc) is 2.60. The van der Waals surface area contributed by atoms with Gasteiger partial charge in [0, 0.05) is 19.3 Å². The van der Waals surface area contributed by atoms with Crippen molar-refractivity contribution in [2.45, 2.75) is 19.4 Å². The lowest BCUT2D eigenvalue weighted by Crippen LogP contribution is -2.23. The molecule has 0 saturated carbocycles. The number of hydrogen-bond donors (Lipinski definition) is 0. The first-order chi connectivity index (χ1) is 9.24. The first-order valence-electron chi connectivity index (χ1n) is 6.37. The van der Waals surface area contributed by atoms with E-state index in [2.05, 4.69) is 50.1 Å². The van der Waals surface area contributed by atoms with Crippen molar-refractivity contribution < 1.29 is 0 Å². The summed E-state index contributed by atoms with van der Waals surface area (Å²) in [4.78, 5) is 6.77. The second kappa shape index (κ2) is 5.51. The van der Waals surface area contributed by atoms with E-state index in [1.807, 2.05) is 6.07 Å². The fourth-order valence-corrected chi connectivity index (χ4v) is 3.41. The Balaban J connectivity index is 1.94. The van der Waals surface area contributed by atoms with Gasteiger partial charge in [0.15, 0.2) is 0 Å². The second-order valence-electron chi connectivity index (χ2n) is 4.75. The minimum absolute atomic E-state index is 0.658. The quantitative estimate of drug-likeness (QED) is 0.764. The highest BCUT2D eigenvalue weighted by Crippen LogP contribution is 2.29. The van der Waals surface area contributed by atoms with Crippen LogP contribution in [0.3, 0.4) is 0 Å². The Kier molecular flexibility index (Phi) is 3.76. The molecule has 2 nitrogen and oxygen atoms in total. The van der Waals surface area contributed by atoms with E-state index in [4.69, 9.17) is 11.6 Å². The number of nitrogens with zero attached hydrogens (tertiary/aromatic N) is 2. The summed E-state index contributed by atoms with van der Waals surface area (Å²) in [7, 11) is 0. The van der Waals surface area contributed by atoms with Gasteiger partial charge in [-0.2, -0.15) is 0 Å². The van der Waals surface area contributed by atoms with Crippen LogP contribution < -0.4 is 4.90 Å². The Morgan fingerprint density at radius 3 is 2.79 bits per heavy atom. The Morgan fingerprint density at radius 1 is 1.21 bits per heavy atom. The molecule has 0 amide bonds. The Bertz CT molecular complexity index is 600. The summed E-state index contributed by atoms with van der Waals surface area (Å²) < 4.78 is 0.958. The van der Waals surface area contributed by atoms with Crippen molar-refractivity contribution >= 4 is 33.3 Å². The molecule has 2 heterocycles. The van der Waals surface area contributed by atoms with Crippen LogP contribution in [-0.2, 0) is 13.0 Å². The van der Waals surface area contributed by atoms with E-state index in [0.717, 1.165) is 36.2 Å². The highest BCUT2D eigenvalue weighted by atomic mass is 79.9. The lowest BCUT2D eigenvalue weighted by Gasteiger charge is -2.23. The summed E-state index contributed by atoms with van der Waals surface area (Å²) in [5, 5.41) is 0.658. The van der Waals surface area contributed by atoms with E-state index in [0.29, 0.717) is 5.02 Å². The van der Waals surface area contributed by atoms with E-state index < -0.39 is 0 Å². The van der Waals surface area contributed by atoms with Gasteiger partial charge in [0.25, 0.3) is 0 Å². The van der Waals surface area contributed by atoms with Crippen LogP contribution >= 0.6 is 27.5 Å². The van der Waals surface area contributed by atoms with Gasteiger partial charge in [-0.15, -0.1) is 0 Å². The number of aromatic nitrogens is 1. The number of aryl methyl sites for hydroxylation is 1. The van der Waals surface area contributed by atoms with Crippen LogP contribution in [0.15, 0.2) is 41.0 Å². The molecule has 98 valence electrons. The molecule has 1 aromatic heterocycles. The SMILES string of the molecule is Clc1cnc(N2CCCc3ccccc3C2)c(Br)c1. The summed E-state index contributed by atoms with van der Waals surface area (Å²) in [5.74, 6) is 0.973. The molecule has 4 heteroatoms. The molecule has 1 aromatic carbocycles. The molecule has 0 aliphatic carbocycles. The normalized spacial score (nSPS) is 14.9. The molecule has 2 aromatic rings. The van der Waals surface area contributed by atoms with E-state index in [-0.39, 0.29) is 0 Å². The molecule has 0 N–H and O–H groups in total. The van der Waals surface area contributed by atoms with Gasteiger partial charge in [-0.05, 0) is 46.0 Å². The van der Waals surface area contributed by atoms with Crippen LogP contribution in [-0.4, -0.2) is 11.5 Å². The van der Waals surface area contributed by atoms with Crippen molar-refractivity contribution in [3.63, 3.8) is 0 Å². The van der Waals surface area contributed by atoms with Crippen molar-refractivity contribution in [3.8, 4) is 0 Å². The largest absolute Gasteiger partial charge is 0.351 e. The number of halogens is 2. The number of rotatable bonds is 1. The van der Waals surface area contributed by atoms with Gasteiger partial charge in [-0.25, -0.2) is 4.98 Å². The van der Waals surface area contributed by atoms with Gasteiger partial charge in [0.1, 0.15) is 5.82 Å². The van der Waals surface area contributed by atoms with Gasteiger partial charge in [-0.3, -0.25) is 0 Å². The molecular formula is C15H14BrClN2. The van der Waals surface area contributed by atoms with E-state index in [1.165, 1.54) is 11.1 Å². The molecule has 1 aliphatic heterocycles. The van der Waals surface area contributed by atoms with E-state index in [1.54, 1.807) is 6.20 Å². The minimum Gasteiger partial charge on any atom is -0.351 e. The molecule has 1 aliphatic rings. The van der Waals surface area contributed by atoms with Gasteiger partial charge >= 0.3 is 0 Å². The Morgan fingerprint density at radius 2 is 2.00 bits per heavy atom. The molecule has 3 rings (SSSR count). The highest BCUT2D eigenvalue weighted by Gasteiger charge is 2.17. The molecule has 0 radical (unpaired) electrons. The lowest BCUT2D eigenvalue weighted by atomic mass is 10.0. The Hall–Kier alpha value is -1.06. The smallest absolute Gasteiger partial charge is 0.143 e. The van der Waals surface area contributed by atoms with Crippen molar-refractivity contribution in [2.75, 3.05) is 11.4 Å². The molecule has 0 unspecified atom stereocenters. The predicted molar refractivity (Wildman–Crippen MR) is 82.8 cm³/mol. The van der Waals surface area contributed by atoms with Gasteiger partial charge < -0.3 is 4.90 Å². The second-order valence-corrected chi connectivity index (χ2v) is 6.04. The lowest BCUT2D eigenvalue weighted by molar-refractivity contribution is 0.753. The van der Waals surface area contributed by atoms with E-state index in [9.17, 15) is 0 Å². The average molecular weight is 338 g/mol. The number of benzene rings is 1. The predicted octanol–water partition coefficient (Wildman–Crippen LogP) is 4.45. The van der Waals surface area contributed by atoms with Crippen LogP contribution in [0, 0.1) is 0 Å². The molecule has 0 atom stereocenters. The van der Waals surface area contributed by atoms with Crippen molar-refractivity contribution in [1.29, 1.82) is 0 Å². The van der Waals surface area contributed by atoms with E-state index >= 15 is 0 Å². The summed E-state index contributed by atoms with van der Waals surface area (Å²) >= 11 is 9.52. The zero-order chi connectivity index (χ0) is 13.2. The molecule has 0 spiro atoms. The maximum Gasteiger partial charge on any atom is 0.143 e. The fourth-order valence-electron chi connectivity index (χ4n) is 2.52. The zero-order valence-electron chi connectivity index (χ0n) is 10.4.